The maximum absolute atomic E-state index is 4.02. The summed E-state index contributed by atoms with van der Waals surface area (Å²) < 4.78 is 0. The van der Waals surface area contributed by atoms with Crippen LogP contribution in [-0.4, -0.2) is 13.6 Å². The van der Waals surface area contributed by atoms with Gasteiger partial charge in [-0.15, -0.1) is 6.54 Å². The first-order valence-corrected chi connectivity index (χ1v) is 2.84. The van der Waals surface area contributed by atoms with Crippen LogP contribution in [0.25, 0.3) is 5.32 Å². The quantitative estimate of drug-likeness (QED) is 0.424. The molecule has 0 aromatic heterocycles. The first-order chi connectivity index (χ1) is 3.93. The fourth-order valence-electron chi connectivity index (χ4n) is 0.810. The first-order valence-electron chi connectivity index (χ1n) is 2.84. The average molecular weight is 227 g/mol. The number of hydrogen-bond donors (Lipinski definition) is 0. The average Bonchev–Trinajstić information content (AvgIpc) is 2.19. The summed E-state index contributed by atoms with van der Waals surface area (Å²) >= 11 is 0. The molecule has 1 nitrogen and oxygen atoms in total. The summed E-state index contributed by atoms with van der Waals surface area (Å²) in [4.78, 5) is 0. The summed E-state index contributed by atoms with van der Waals surface area (Å²) in [6, 6.07) is 0. The summed E-state index contributed by atoms with van der Waals surface area (Å²) in [6.07, 6.45) is 8.45. The van der Waals surface area contributed by atoms with Gasteiger partial charge < -0.3 is 30.1 Å². The van der Waals surface area contributed by atoms with Gasteiger partial charge >= 0.3 is 21.7 Å². The predicted octanol–water partition coefficient (Wildman–Crippen LogP) is -4.26. The van der Waals surface area contributed by atoms with Gasteiger partial charge in [0.1, 0.15) is 0 Å². The molecule has 0 saturated heterocycles. The van der Waals surface area contributed by atoms with E-state index in [1.165, 1.54) is 0 Å². The van der Waals surface area contributed by atoms with E-state index in [-0.39, 0.29) is 46.5 Å². The van der Waals surface area contributed by atoms with E-state index in [9.17, 15) is 0 Å². The van der Waals surface area contributed by atoms with Crippen LogP contribution in [0, 0.1) is 5.92 Å². The van der Waals surface area contributed by atoms with Gasteiger partial charge in [0.2, 0.25) is 0 Å². The van der Waals surface area contributed by atoms with E-state index < -0.39 is 0 Å². The van der Waals surface area contributed by atoms with Gasteiger partial charge in [0, 0.05) is 0 Å². The molecule has 0 N–H and O–H groups in total. The van der Waals surface area contributed by atoms with Crippen LogP contribution < -0.4 is 24.8 Å². The van der Waals surface area contributed by atoms with Crippen molar-refractivity contribution in [3.05, 3.63) is 29.6 Å². The van der Waals surface area contributed by atoms with E-state index in [4.69, 9.17) is 0 Å². The number of rotatable bonds is 2. The van der Waals surface area contributed by atoms with Crippen molar-refractivity contribution in [3.63, 3.8) is 0 Å². The summed E-state index contributed by atoms with van der Waals surface area (Å²) in [5, 5.41) is 4.02. The van der Waals surface area contributed by atoms with E-state index in [1.807, 2.05) is 7.05 Å². The number of halogens is 2. The maximum Gasteiger partial charge on any atom is 3.00 e. The molecule has 0 spiro atoms. The van der Waals surface area contributed by atoms with E-state index in [2.05, 4.69) is 29.6 Å². The van der Waals surface area contributed by atoms with Crippen LogP contribution in [0.1, 0.15) is 0 Å². The van der Waals surface area contributed by atoms with Gasteiger partial charge in [-0.2, -0.15) is 7.05 Å². The second-order valence-electron chi connectivity index (χ2n) is 1.93. The second kappa shape index (κ2) is 10.7. The van der Waals surface area contributed by atoms with Gasteiger partial charge in [-0.05, 0) is 5.92 Å². The van der Waals surface area contributed by atoms with Crippen LogP contribution in [-0.2, 0) is 21.7 Å². The van der Waals surface area contributed by atoms with Crippen molar-refractivity contribution in [3.8, 4) is 0 Å². The molecule has 1 radical (unpaired) electrons. The number of nitrogens with zero attached hydrogens (tertiary/aromatic N) is 1. The van der Waals surface area contributed by atoms with Gasteiger partial charge in [-0.3, -0.25) is 0 Å². The zero-order valence-electron chi connectivity index (χ0n) is 6.30. The summed E-state index contributed by atoms with van der Waals surface area (Å²) in [5.41, 5.74) is 0. The molecule has 0 atom stereocenters. The Hall–Kier alpha value is 0.734. The Morgan fingerprint density at radius 1 is 1.18 bits per heavy atom. The third kappa shape index (κ3) is 7.11. The molecule has 1 rings (SSSR count). The normalized spacial score (nSPS) is 13.2. The van der Waals surface area contributed by atoms with Gasteiger partial charge in [0.05, 0.1) is 0 Å². The Balaban J connectivity index is -0.000000213. The van der Waals surface area contributed by atoms with Crippen molar-refractivity contribution < 1.29 is 46.5 Å². The molecule has 0 fully saturated rings. The molecule has 0 unspecified atom stereocenters. The van der Waals surface area contributed by atoms with Crippen LogP contribution in [0.15, 0.2) is 24.3 Å². The minimum atomic E-state index is 0. The van der Waals surface area contributed by atoms with Crippen LogP contribution in [0.3, 0.4) is 0 Å². The molecule has 0 saturated carbocycles. The van der Waals surface area contributed by atoms with E-state index in [0.717, 1.165) is 6.54 Å². The number of allylic oxidation sites excluding steroid dienone is 2. The summed E-state index contributed by atoms with van der Waals surface area (Å²) in [5.74, 6) is 0.583. The summed E-state index contributed by atoms with van der Waals surface area (Å²) in [6.45, 7) is 0.938. The molecule has 0 aromatic rings. The van der Waals surface area contributed by atoms with Gasteiger partial charge in [-0.25, -0.2) is 0 Å². The zero-order chi connectivity index (χ0) is 5.82. The standard InChI is InChI=1S/C7H10N.2ClH.Ti/c1-8-6-7-4-2-3-5-7;;;/h2-5,7H,6H2,1H3;2*1H;/q-1;;;+3/p-2. The molecule has 4 heteroatoms. The Kier molecular flexibility index (Phi) is 17.3. The Labute approximate surface area is 95.4 Å². The van der Waals surface area contributed by atoms with Gasteiger partial charge in [0.25, 0.3) is 0 Å². The third-order valence-electron chi connectivity index (χ3n) is 1.22. The molecular formula is C7H10Cl2NTi. The predicted molar refractivity (Wildman–Crippen MR) is 35.9 cm³/mol. The fourth-order valence-corrected chi connectivity index (χ4v) is 0.810. The monoisotopic (exact) mass is 226 g/mol. The van der Waals surface area contributed by atoms with E-state index in [0.29, 0.717) is 5.92 Å². The molecule has 1 aliphatic rings. The van der Waals surface area contributed by atoms with Crippen LogP contribution in [0.5, 0.6) is 0 Å². The Morgan fingerprint density at radius 2 is 1.64 bits per heavy atom. The van der Waals surface area contributed by atoms with Crippen molar-refractivity contribution >= 4 is 0 Å². The van der Waals surface area contributed by atoms with E-state index in [1.54, 1.807) is 0 Å². The van der Waals surface area contributed by atoms with Gasteiger partial charge in [0.15, 0.2) is 0 Å². The second-order valence-corrected chi connectivity index (χ2v) is 1.93. The van der Waals surface area contributed by atoms with Crippen molar-refractivity contribution in [2.24, 2.45) is 5.92 Å². The van der Waals surface area contributed by atoms with Crippen molar-refractivity contribution in [1.29, 1.82) is 0 Å². The third-order valence-corrected chi connectivity index (χ3v) is 1.22. The van der Waals surface area contributed by atoms with Crippen LogP contribution in [0.4, 0.5) is 0 Å². The molecular weight excluding hydrogens is 217 g/mol. The minimum absolute atomic E-state index is 0. The maximum atomic E-state index is 4.02. The van der Waals surface area contributed by atoms with Crippen molar-refractivity contribution in [1.82, 2.24) is 0 Å². The van der Waals surface area contributed by atoms with Crippen molar-refractivity contribution in [2.75, 3.05) is 13.6 Å². The number of hydrogen-bond acceptors (Lipinski definition) is 0. The largest absolute Gasteiger partial charge is 3.00 e. The topological polar surface area (TPSA) is 14.1 Å². The molecule has 0 aromatic carbocycles. The minimum Gasteiger partial charge on any atom is -1.00 e. The fraction of sp³-hybridized carbons (Fsp3) is 0.429. The molecule has 1 aliphatic carbocycles. The molecule has 0 aliphatic heterocycles. The van der Waals surface area contributed by atoms with E-state index >= 15 is 0 Å². The zero-order valence-corrected chi connectivity index (χ0v) is 9.37. The molecule has 0 amide bonds. The molecule has 11 heavy (non-hydrogen) atoms. The Morgan fingerprint density at radius 3 is 2.00 bits per heavy atom. The molecule has 61 valence electrons. The smallest absolute Gasteiger partial charge is 1.00 e. The van der Waals surface area contributed by atoms with Crippen LogP contribution in [0.2, 0.25) is 0 Å². The van der Waals surface area contributed by atoms with Crippen LogP contribution >= 0.6 is 0 Å². The SMILES string of the molecule is C[N-]CC1C=CC=C1.[Cl-].[Cl-].[Ti+3]. The van der Waals surface area contributed by atoms with Crippen molar-refractivity contribution in [2.45, 2.75) is 0 Å². The molecule has 0 bridgehead atoms. The summed E-state index contributed by atoms with van der Waals surface area (Å²) in [7, 11) is 1.85. The molecule has 0 heterocycles. The first kappa shape index (κ1) is 17.7. The Bertz CT molecular complexity index is 114. The van der Waals surface area contributed by atoms with Gasteiger partial charge in [-0.1, -0.05) is 24.3 Å².